The fourth-order valence-electron chi connectivity index (χ4n) is 4.43. The quantitative estimate of drug-likeness (QED) is 0.542. The molecule has 4 aromatic rings. The molecule has 1 aliphatic carbocycles. The van der Waals surface area contributed by atoms with Crippen molar-refractivity contribution in [3.05, 3.63) is 84.1 Å². The van der Waals surface area contributed by atoms with Gasteiger partial charge in [0.15, 0.2) is 0 Å². The minimum Gasteiger partial charge on any atom is -0.334 e. The standard InChI is InChI=1S/C23H19N5O/c29-23-17-5-1-6-22(28-9-3-8-26-28)19(17)14-27(23)13-16-10-18(16)21-11-20-15(12-25-21)4-2-7-24-20/h1-9,11-12,16,18H,10,13-14H2/t16-,18+/m0/s1. The molecule has 2 atom stereocenters. The number of nitrogens with zero attached hydrogens (tertiary/aromatic N) is 5. The molecule has 29 heavy (non-hydrogen) atoms. The first-order valence-electron chi connectivity index (χ1n) is 9.90. The van der Waals surface area contributed by atoms with E-state index < -0.39 is 0 Å². The van der Waals surface area contributed by atoms with Gasteiger partial charge in [0.2, 0.25) is 0 Å². The zero-order valence-corrected chi connectivity index (χ0v) is 15.8. The van der Waals surface area contributed by atoms with Crippen LogP contribution < -0.4 is 0 Å². The van der Waals surface area contributed by atoms with Crippen molar-refractivity contribution in [1.29, 1.82) is 0 Å². The number of carbonyl (C=O) groups is 1. The van der Waals surface area contributed by atoms with Crippen LogP contribution in [0.3, 0.4) is 0 Å². The minimum absolute atomic E-state index is 0.118. The first-order chi connectivity index (χ1) is 14.3. The second-order valence-electron chi connectivity index (χ2n) is 7.85. The molecule has 1 amide bonds. The highest BCUT2D eigenvalue weighted by Crippen LogP contribution is 2.48. The number of aromatic nitrogens is 4. The van der Waals surface area contributed by atoms with Gasteiger partial charge in [0, 0.05) is 66.0 Å². The van der Waals surface area contributed by atoms with Gasteiger partial charge in [0.05, 0.1) is 11.2 Å². The summed E-state index contributed by atoms with van der Waals surface area (Å²) in [5.41, 5.74) is 4.91. The van der Waals surface area contributed by atoms with Crippen LogP contribution in [0.2, 0.25) is 0 Å². The summed E-state index contributed by atoms with van der Waals surface area (Å²) in [5.74, 6) is 0.978. The highest BCUT2D eigenvalue weighted by Gasteiger charge is 2.43. The fraction of sp³-hybridized carbons (Fsp3) is 0.217. The number of benzene rings is 1. The second-order valence-corrected chi connectivity index (χ2v) is 7.85. The Bertz CT molecular complexity index is 1230. The van der Waals surface area contributed by atoms with Gasteiger partial charge in [0.25, 0.3) is 5.91 Å². The predicted octanol–water partition coefficient (Wildman–Crippen LogP) is 3.58. The molecular weight excluding hydrogens is 362 g/mol. The molecule has 0 radical (unpaired) electrons. The molecule has 1 saturated carbocycles. The number of rotatable bonds is 4. The van der Waals surface area contributed by atoms with Gasteiger partial charge >= 0.3 is 0 Å². The van der Waals surface area contributed by atoms with Gasteiger partial charge < -0.3 is 4.90 Å². The average Bonchev–Trinajstić information content (AvgIpc) is 3.16. The van der Waals surface area contributed by atoms with E-state index in [1.54, 1.807) is 6.20 Å². The van der Waals surface area contributed by atoms with E-state index in [4.69, 9.17) is 0 Å². The molecule has 3 aromatic heterocycles. The smallest absolute Gasteiger partial charge is 0.254 e. The third-order valence-corrected chi connectivity index (χ3v) is 6.04. The van der Waals surface area contributed by atoms with Gasteiger partial charge in [-0.2, -0.15) is 5.10 Å². The lowest BCUT2D eigenvalue weighted by Gasteiger charge is -2.15. The van der Waals surface area contributed by atoms with E-state index in [1.807, 2.05) is 64.6 Å². The van der Waals surface area contributed by atoms with Crippen LogP contribution in [0.15, 0.2) is 67.3 Å². The van der Waals surface area contributed by atoms with E-state index in [0.717, 1.165) is 46.4 Å². The number of carbonyl (C=O) groups excluding carboxylic acids is 1. The third kappa shape index (κ3) is 2.71. The van der Waals surface area contributed by atoms with Gasteiger partial charge in [-0.15, -0.1) is 0 Å². The molecule has 0 bridgehead atoms. The van der Waals surface area contributed by atoms with Crippen molar-refractivity contribution in [2.75, 3.05) is 6.54 Å². The van der Waals surface area contributed by atoms with Crippen molar-refractivity contribution in [2.24, 2.45) is 5.92 Å². The molecule has 4 heterocycles. The second kappa shape index (κ2) is 6.24. The van der Waals surface area contributed by atoms with Crippen LogP contribution in [0.4, 0.5) is 0 Å². The lowest BCUT2D eigenvalue weighted by Crippen LogP contribution is -2.26. The van der Waals surface area contributed by atoms with Crippen LogP contribution in [0.25, 0.3) is 16.6 Å². The van der Waals surface area contributed by atoms with Gasteiger partial charge in [-0.05, 0) is 48.7 Å². The Labute approximate surface area is 167 Å². The molecule has 1 aliphatic heterocycles. The average molecular weight is 381 g/mol. The monoisotopic (exact) mass is 381 g/mol. The Hall–Kier alpha value is -3.54. The highest BCUT2D eigenvalue weighted by atomic mass is 16.2. The maximum atomic E-state index is 13.0. The lowest BCUT2D eigenvalue weighted by molar-refractivity contribution is 0.0770. The van der Waals surface area contributed by atoms with Crippen LogP contribution in [0.1, 0.15) is 34.0 Å². The summed E-state index contributed by atoms with van der Waals surface area (Å²) in [6, 6.07) is 13.8. The Kier molecular flexibility index (Phi) is 3.53. The molecule has 1 fully saturated rings. The van der Waals surface area contributed by atoms with Crippen molar-refractivity contribution in [3.8, 4) is 5.69 Å². The molecule has 2 aliphatic rings. The molecule has 0 saturated heterocycles. The molecule has 1 aromatic carbocycles. The van der Waals surface area contributed by atoms with Gasteiger partial charge in [0.1, 0.15) is 0 Å². The number of hydrogen-bond acceptors (Lipinski definition) is 4. The molecule has 0 spiro atoms. The lowest BCUT2D eigenvalue weighted by atomic mass is 10.1. The summed E-state index contributed by atoms with van der Waals surface area (Å²) in [7, 11) is 0. The summed E-state index contributed by atoms with van der Waals surface area (Å²) in [5, 5.41) is 5.40. The van der Waals surface area contributed by atoms with E-state index in [-0.39, 0.29) is 5.91 Å². The maximum Gasteiger partial charge on any atom is 0.254 e. The zero-order valence-electron chi connectivity index (χ0n) is 15.8. The summed E-state index contributed by atoms with van der Waals surface area (Å²) >= 11 is 0. The number of pyridine rings is 2. The summed E-state index contributed by atoms with van der Waals surface area (Å²) in [6.07, 6.45) is 8.46. The van der Waals surface area contributed by atoms with Crippen LogP contribution in [0.5, 0.6) is 0 Å². The number of amides is 1. The maximum absolute atomic E-state index is 13.0. The molecule has 142 valence electrons. The van der Waals surface area contributed by atoms with Crippen molar-refractivity contribution < 1.29 is 4.79 Å². The summed E-state index contributed by atoms with van der Waals surface area (Å²) < 4.78 is 1.83. The van der Waals surface area contributed by atoms with Crippen molar-refractivity contribution in [3.63, 3.8) is 0 Å². The molecule has 0 unspecified atom stereocenters. The third-order valence-electron chi connectivity index (χ3n) is 6.04. The van der Waals surface area contributed by atoms with Crippen molar-refractivity contribution in [1.82, 2.24) is 24.6 Å². The molecule has 6 nitrogen and oxygen atoms in total. The van der Waals surface area contributed by atoms with Crippen molar-refractivity contribution in [2.45, 2.75) is 18.9 Å². The van der Waals surface area contributed by atoms with E-state index >= 15 is 0 Å². The topological polar surface area (TPSA) is 63.9 Å². The molecular formula is C23H19N5O. The Morgan fingerprint density at radius 2 is 2.03 bits per heavy atom. The summed E-state index contributed by atoms with van der Waals surface area (Å²) in [6.45, 7) is 1.40. The van der Waals surface area contributed by atoms with Crippen molar-refractivity contribution >= 4 is 16.8 Å². The van der Waals surface area contributed by atoms with Crippen LogP contribution in [0, 0.1) is 5.92 Å². The van der Waals surface area contributed by atoms with E-state index in [0.29, 0.717) is 18.4 Å². The van der Waals surface area contributed by atoms with Gasteiger partial charge in [-0.25, -0.2) is 4.68 Å². The van der Waals surface area contributed by atoms with Crippen LogP contribution in [-0.4, -0.2) is 37.1 Å². The number of hydrogen-bond donors (Lipinski definition) is 0. The molecule has 0 N–H and O–H groups in total. The highest BCUT2D eigenvalue weighted by molar-refractivity contribution is 5.99. The Morgan fingerprint density at radius 3 is 2.93 bits per heavy atom. The largest absolute Gasteiger partial charge is 0.334 e. The summed E-state index contributed by atoms with van der Waals surface area (Å²) in [4.78, 5) is 24.0. The Balaban J connectivity index is 1.21. The predicted molar refractivity (Wildman–Crippen MR) is 109 cm³/mol. The van der Waals surface area contributed by atoms with E-state index in [2.05, 4.69) is 21.1 Å². The minimum atomic E-state index is 0.118. The zero-order chi connectivity index (χ0) is 19.4. The SMILES string of the molecule is O=C1c2cccc(-n3cccn3)c2CN1C[C@@H]1C[C@H]1c1cc2ncccc2cn1. The normalized spacial score (nSPS) is 20.3. The first kappa shape index (κ1) is 16.4. The van der Waals surface area contributed by atoms with Crippen LogP contribution >= 0.6 is 0 Å². The van der Waals surface area contributed by atoms with Gasteiger partial charge in [-0.3, -0.25) is 14.8 Å². The fourth-order valence-corrected chi connectivity index (χ4v) is 4.43. The van der Waals surface area contributed by atoms with E-state index in [1.165, 1.54) is 0 Å². The first-order valence-corrected chi connectivity index (χ1v) is 9.90. The van der Waals surface area contributed by atoms with Gasteiger partial charge in [-0.1, -0.05) is 6.07 Å². The number of fused-ring (bicyclic) bond motifs is 2. The van der Waals surface area contributed by atoms with E-state index in [9.17, 15) is 4.79 Å². The Morgan fingerprint density at radius 1 is 1.07 bits per heavy atom. The van der Waals surface area contributed by atoms with Crippen LogP contribution in [-0.2, 0) is 6.54 Å². The molecule has 6 rings (SSSR count). The molecule has 6 heteroatoms.